The molecule has 40 heavy (non-hydrogen) atoms. The van der Waals surface area contributed by atoms with Crippen molar-refractivity contribution in [2.45, 2.75) is 64.6 Å². The van der Waals surface area contributed by atoms with E-state index in [2.05, 4.69) is 5.32 Å². The van der Waals surface area contributed by atoms with E-state index in [-0.39, 0.29) is 28.7 Å². The Morgan fingerprint density at radius 3 is 2.25 bits per heavy atom. The van der Waals surface area contributed by atoms with Gasteiger partial charge in [0.05, 0.1) is 10.6 Å². The van der Waals surface area contributed by atoms with E-state index in [4.69, 9.17) is 11.6 Å². The van der Waals surface area contributed by atoms with Gasteiger partial charge in [0.25, 0.3) is 10.0 Å². The Morgan fingerprint density at radius 1 is 1.00 bits per heavy atom. The number of carbonyl (C=O) groups excluding carboxylic acids is 2. The van der Waals surface area contributed by atoms with Gasteiger partial charge < -0.3 is 10.2 Å². The second-order valence-electron chi connectivity index (χ2n) is 9.86. The van der Waals surface area contributed by atoms with Crippen LogP contribution in [0.25, 0.3) is 0 Å². The van der Waals surface area contributed by atoms with Crippen molar-refractivity contribution >= 4 is 39.1 Å². The summed E-state index contributed by atoms with van der Waals surface area (Å²) in [6, 6.07) is 15.8. The van der Waals surface area contributed by atoms with Crippen LogP contribution in [0.4, 0.5) is 10.1 Å². The molecule has 0 spiro atoms. The Hall–Kier alpha value is -3.43. The first-order valence-electron chi connectivity index (χ1n) is 13.0. The Bertz CT molecular complexity index is 1460. The van der Waals surface area contributed by atoms with Crippen molar-refractivity contribution in [1.82, 2.24) is 10.2 Å². The van der Waals surface area contributed by atoms with Crippen molar-refractivity contribution < 1.29 is 22.4 Å². The minimum atomic E-state index is -4.22. The molecule has 214 valence electrons. The van der Waals surface area contributed by atoms with Crippen molar-refractivity contribution in [3.05, 3.63) is 94.3 Å². The minimum absolute atomic E-state index is 0.00321. The van der Waals surface area contributed by atoms with Crippen LogP contribution in [0.2, 0.25) is 5.02 Å². The molecule has 0 unspecified atom stereocenters. The number of nitrogens with one attached hydrogen (secondary N) is 1. The van der Waals surface area contributed by atoms with E-state index in [1.165, 1.54) is 41.3 Å². The summed E-state index contributed by atoms with van der Waals surface area (Å²) in [7, 11) is -4.22. The maximum atomic E-state index is 14.6. The van der Waals surface area contributed by atoms with Gasteiger partial charge >= 0.3 is 0 Å². The van der Waals surface area contributed by atoms with Crippen molar-refractivity contribution in [2.24, 2.45) is 0 Å². The zero-order chi connectivity index (χ0) is 29.6. The van der Waals surface area contributed by atoms with Crippen LogP contribution >= 0.6 is 11.6 Å². The predicted molar refractivity (Wildman–Crippen MR) is 156 cm³/mol. The molecule has 3 aromatic carbocycles. The van der Waals surface area contributed by atoms with Gasteiger partial charge in [-0.1, -0.05) is 54.4 Å². The molecule has 0 bridgehead atoms. The summed E-state index contributed by atoms with van der Waals surface area (Å²) in [4.78, 5) is 28.2. The average molecular weight is 588 g/mol. The van der Waals surface area contributed by atoms with Gasteiger partial charge in [0, 0.05) is 23.2 Å². The number of carbonyl (C=O) groups is 2. The zero-order valence-electron chi connectivity index (χ0n) is 23.3. The molecular weight excluding hydrogens is 553 g/mol. The smallest absolute Gasteiger partial charge is 0.264 e. The number of halogens is 2. The SMILES string of the molecule is CC[C@@H](C)NC(=O)[C@@H](C)N(Cc1ccccc1F)C(=O)CN(c1ccc(Cl)cc1C)S(=O)(=O)c1ccc(C)cc1. The van der Waals surface area contributed by atoms with Crippen LogP contribution in [0.15, 0.2) is 71.6 Å². The quantitative estimate of drug-likeness (QED) is 0.315. The van der Waals surface area contributed by atoms with E-state index in [1.54, 1.807) is 44.2 Å². The number of rotatable bonds is 11. The number of hydrogen-bond donors (Lipinski definition) is 1. The number of aryl methyl sites for hydroxylation is 2. The summed E-state index contributed by atoms with van der Waals surface area (Å²) in [5.41, 5.74) is 1.89. The molecule has 0 aliphatic rings. The summed E-state index contributed by atoms with van der Waals surface area (Å²) in [5, 5.41) is 3.27. The number of hydrogen-bond acceptors (Lipinski definition) is 4. The summed E-state index contributed by atoms with van der Waals surface area (Å²) in [6.07, 6.45) is 0.679. The number of amides is 2. The second kappa shape index (κ2) is 13.3. The third-order valence-corrected chi connectivity index (χ3v) is 8.79. The number of sulfonamides is 1. The molecule has 10 heteroatoms. The predicted octanol–water partition coefficient (Wildman–Crippen LogP) is 5.62. The molecule has 0 fully saturated rings. The lowest BCUT2D eigenvalue weighted by atomic mass is 10.1. The number of benzene rings is 3. The monoisotopic (exact) mass is 587 g/mol. The number of nitrogens with zero attached hydrogens (tertiary/aromatic N) is 2. The van der Waals surface area contributed by atoms with Gasteiger partial charge in [-0.25, -0.2) is 12.8 Å². The largest absolute Gasteiger partial charge is 0.352 e. The van der Waals surface area contributed by atoms with Crippen LogP contribution in [0, 0.1) is 19.7 Å². The number of anilines is 1. The summed E-state index contributed by atoms with van der Waals surface area (Å²) in [5.74, 6) is -1.62. The lowest BCUT2D eigenvalue weighted by Gasteiger charge is -2.33. The average Bonchev–Trinajstić information content (AvgIpc) is 2.91. The highest BCUT2D eigenvalue weighted by atomic mass is 35.5. The lowest BCUT2D eigenvalue weighted by Crippen LogP contribution is -2.52. The van der Waals surface area contributed by atoms with Crippen molar-refractivity contribution in [3.63, 3.8) is 0 Å². The third kappa shape index (κ3) is 7.40. The fraction of sp³-hybridized carbons (Fsp3) is 0.333. The molecule has 1 N–H and O–H groups in total. The Morgan fingerprint density at radius 2 is 1.65 bits per heavy atom. The van der Waals surface area contributed by atoms with Gasteiger partial charge in [0.15, 0.2) is 0 Å². The van der Waals surface area contributed by atoms with Gasteiger partial charge in [-0.3, -0.25) is 13.9 Å². The lowest BCUT2D eigenvalue weighted by molar-refractivity contribution is -0.139. The molecule has 0 aliphatic carbocycles. The maximum absolute atomic E-state index is 14.6. The van der Waals surface area contributed by atoms with E-state index in [9.17, 15) is 22.4 Å². The topological polar surface area (TPSA) is 86.8 Å². The standard InChI is InChI=1S/C30H35ClFN3O4S/c1-6-22(4)33-30(37)23(5)34(18-24-9-7-8-10-27(24)32)29(36)19-35(28-16-13-25(31)17-21(28)3)40(38,39)26-14-11-20(2)12-15-26/h7-17,22-23H,6,18-19H2,1-5H3,(H,33,37)/t22-,23-/m1/s1. The minimum Gasteiger partial charge on any atom is -0.352 e. The summed E-state index contributed by atoms with van der Waals surface area (Å²) in [6.45, 7) is 8.00. The molecule has 0 radical (unpaired) electrons. The molecular formula is C30H35ClFN3O4S. The fourth-order valence-electron chi connectivity index (χ4n) is 4.11. The van der Waals surface area contributed by atoms with Crippen LogP contribution in [-0.4, -0.2) is 43.8 Å². The molecule has 0 saturated carbocycles. The van der Waals surface area contributed by atoms with Crippen molar-refractivity contribution in [3.8, 4) is 0 Å². The molecule has 7 nitrogen and oxygen atoms in total. The third-order valence-electron chi connectivity index (χ3n) is 6.78. The van der Waals surface area contributed by atoms with Gasteiger partial charge in [0.1, 0.15) is 18.4 Å². The normalized spacial score (nSPS) is 12.9. The molecule has 3 aromatic rings. The molecule has 2 amide bonds. The first kappa shape index (κ1) is 31.1. The fourth-order valence-corrected chi connectivity index (χ4v) is 5.81. The molecule has 2 atom stereocenters. The van der Waals surface area contributed by atoms with Gasteiger partial charge in [-0.15, -0.1) is 0 Å². The van der Waals surface area contributed by atoms with Crippen molar-refractivity contribution in [1.29, 1.82) is 0 Å². The molecule has 0 saturated heterocycles. The maximum Gasteiger partial charge on any atom is 0.264 e. The Kier molecular flexibility index (Phi) is 10.3. The molecule has 0 aliphatic heterocycles. The Balaban J connectivity index is 2.07. The second-order valence-corrected chi connectivity index (χ2v) is 12.2. The van der Waals surface area contributed by atoms with E-state index < -0.39 is 40.2 Å². The molecule has 0 heterocycles. The Labute approximate surface area is 241 Å². The molecule has 3 rings (SSSR count). The van der Waals surface area contributed by atoms with Crippen LogP contribution < -0.4 is 9.62 Å². The highest BCUT2D eigenvalue weighted by Crippen LogP contribution is 2.29. The van der Waals surface area contributed by atoms with Gasteiger partial charge in [0.2, 0.25) is 11.8 Å². The van der Waals surface area contributed by atoms with Gasteiger partial charge in [-0.05, 0) is 76.1 Å². The van der Waals surface area contributed by atoms with E-state index in [1.807, 2.05) is 20.8 Å². The van der Waals surface area contributed by atoms with E-state index in [0.717, 1.165) is 9.87 Å². The first-order chi connectivity index (χ1) is 18.8. The van der Waals surface area contributed by atoms with Crippen LogP contribution in [0.3, 0.4) is 0 Å². The van der Waals surface area contributed by atoms with E-state index in [0.29, 0.717) is 17.0 Å². The first-order valence-corrected chi connectivity index (χ1v) is 14.9. The highest BCUT2D eigenvalue weighted by Gasteiger charge is 2.33. The van der Waals surface area contributed by atoms with Crippen LogP contribution in [-0.2, 0) is 26.2 Å². The van der Waals surface area contributed by atoms with Gasteiger partial charge in [-0.2, -0.15) is 0 Å². The van der Waals surface area contributed by atoms with Crippen LogP contribution in [0.5, 0.6) is 0 Å². The summed E-state index contributed by atoms with van der Waals surface area (Å²) < 4.78 is 43.5. The molecule has 0 aromatic heterocycles. The van der Waals surface area contributed by atoms with E-state index >= 15 is 0 Å². The highest BCUT2D eigenvalue weighted by molar-refractivity contribution is 7.92. The van der Waals surface area contributed by atoms with Crippen molar-refractivity contribution in [2.75, 3.05) is 10.8 Å². The van der Waals surface area contributed by atoms with Crippen LogP contribution in [0.1, 0.15) is 43.9 Å². The summed E-state index contributed by atoms with van der Waals surface area (Å²) >= 11 is 6.14. The zero-order valence-corrected chi connectivity index (χ0v) is 24.9.